The normalized spacial score (nSPS) is 13.0. The number of rotatable bonds is 4. The molecule has 3 rings (SSSR count). The SMILES string of the molecule is O=C(/C=C/c1ccc2c(c1)CCO2)Nc1cnccc1CO. The van der Waals surface area contributed by atoms with Crippen molar-refractivity contribution in [3.8, 4) is 5.75 Å². The number of fused-ring (bicyclic) bond motifs is 1. The van der Waals surface area contributed by atoms with Gasteiger partial charge in [0.2, 0.25) is 5.91 Å². The van der Waals surface area contributed by atoms with E-state index in [0.717, 1.165) is 23.3 Å². The van der Waals surface area contributed by atoms with Crippen LogP contribution in [0.25, 0.3) is 6.08 Å². The number of pyridine rings is 1. The highest BCUT2D eigenvalue weighted by Gasteiger charge is 2.11. The highest BCUT2D eigenvalue weighted by atomic mass is 16.5. The van der Waals surface area contributed by atoms with Crippen molar-refractivity contribution in [1.82, 2.24) is 4.98 Å². The molecule has 0 spiro atoms. The number of amides is 1. The summed E-state index contributed by atoms with van der Waals surface area (Å²) in [7, 11) is 0. The molecule has 5 heteroatoms. The summed E-state index contributed by atoms with van der Waals surface area (Å²) >= 11 is 0. The molecule has 2 heterocycles. The van der Waals surface area contributed by atoms with Crippen LogP contribution in [0.5, 0.6) is 5.75 Å². The molecule has 2 aromatic rings. The van der Waals surface area contributed by atoms with Crippen LogP contribution in [0.4, 0.5) is 5.69 Å². The molecule has 0 saturated heterocycles. The van der Waals surface area contributed by atoms with Gasteiger partial charge in [-0.2, -0.15) is 0 Å². The van der Waals surface area contributed by atoms with Crippen molar-refractivity contribution in [3.05, 3.63) is 59.4 Å². The molecule has 1 amide bonds. The monoisotopic (exact) mass is 296 g/mol. The van der Waals surface area contributed by atoms with Gasteiger partial charge in [-0.25, -0.2) is 0 Å². The summed E-state index contributed by atoms with van der Waals surface area (Å²) in [6.45, 7) is 0.570. The molecule has 0 unspecified atom stereocenters. The van der Waals surface area contributed by atoms with E-state index in [-0.39, 0.29) is 12.5 Å². The van der Waals surface area contributed by atoms with Crippen LogP contribution in [0.1, 0.15) is 16.7 Å². The molecule has 5 nitrogen and oxygen atoms in total. The minimum Gasteiger partial charge on any atom is -0.493 e. The van der Waals surface area contributed by atoms with Gasteiger partial charge in [0.1, 0.15) is 5.75 Å². The van der Waals surface area contributed by atoms with Crippen molar-refractivity contribution >= 4 is 17.7 Å². The average Bonchev–Trinajstić information content (AvgIpc) is 3.01. The van der Waals surface area contributed by atoms with Crippen molar-refractivity contribution in [2.45, 2.75) is 13.0 Å². The fourth-order valence-corrected chi connectivity index (χ4v) is 2.33. The molecule has 1 aliphatic heterocycles. The smallest absolute Gasteiger partial charge is 0.248 e. The van der Waals surface area contributed by atoms with Gasteiger partial charge in [0, 0.05) is 24.3 Å². The highest BCUT2D eigenvalue weighted by Crippen LogP contribution is 2.26. The van der Waals surface area contributed by atoms with E-state index in [1.807, 2.05) is 18.2 Å². The highest BCUT2D eigenvalue weighted by molar-refractivity contribution is 6.02. The Kier molecular flexibility index (Phi) is 4.16. The van der Waals surface area contributed by atoms with Crippen LogP contribution in [-0.4, -0.2) is 22.6 Å². The molecule has 1 aliphatic rings. The van der Waals surface area contributed by atoms with Gasteiger partial charge in [0.25, 0.3) is 0 Å². The Morgan fingerprint density at radius 1 is 1.41 bits per heavy atom. The first-order valence-corrected chi connectivity index (χ1v) is 7.05. The van der Waals surface area contributed by atoms with E-state index >= 15 is 0 Å². The Hall–Kier alpha value is -2.66. The maximum absolute atomic E-state index is 12.0. The van der Waals surface area contributed by atoms with Crippen LogP contribution in [-0.2, 0) is 17.8 Å². The minimum atomic E-state index is -0.264. The maximum atomic E-state index is 12.0. The van der Waals surface area contributed by atoms with Crippen LogP contribution in [0.15, 0.2) is 42.7 Å². The number of carbonyl (C=O) groups is 1. The lowest BCUT2D eigenvalue weighted by Crippen LogP contribution is -2.10. The summed E-state index contributed by atoms with van der Waals surface area (Å²) in [4.78, 5) is 15.9. The van der Waals surface area contributed by atoms with E-state index < -0.39 is 0 Å². The number of ether oxygens (including phenoxy) is 1. The standard InChI is InChI=1S/C17H16N2O3/c20-11-14-5-7-18-10-15(14)19-17(21)4-2-12-1-3-16-13(9-12)6-8-22-16/h1-5,7,9-10,20H,6,8,11H2,(H,19,21)/b4-2+. The van der Waals surface area contributed by atoms with Gasteiger partial charge in [0.05, 0.1) is 25.1 Å². The Morgan fingerprint density at radius 2 is 2.32 bits per heavy atom. The summed E-state index contributed by atoms with van der Waals surface area (Å²) in [5.41, 5.74) is 3.26. The quantitative estimate of drug-likeness (QED) is 0.848. The zero-order chi connectivity index (χ0) is 15.4. The average molecular weight is 296 g/mol. The molecular weight excluding hydrogens is 280 g/mol. The lowest BCUT2D eigenvalue weighted by atomic mass is 10.1. The summed E-state index contributed by atoms with van der Waals surface area (Å²) in [6, 6.07) is 7.53. The Morgan fingerprint density at radius 3 is 3.18 bits per heavy atom. The molecule has 0 fully saturated rings. The summed E-state index contributed by atoms with van der Waals surface area (Å²) in [6.07, 6.45) is 7.21. The maximum Gasteiger partial charge on any atom is 0.248 e. The number of aromatic nitrogens is 1. The van der Waals surface area contributed by atoms with Crippen LogP contribution >= 0.6 is 0 Å². The third-order valence-electron chi connectivity index (χ3n) is 3.48. The van der Waals surface area contributed by atoms with Crippen LogP contribution in [0.2, 0.25) is 0 Å². The lowest BCUT2D eigenvalue weighted by molar-refractivity contribution is -0.111. The molecule has 1 aromatic carbocycles. The van der Waals surface area contributed by atoms with E-state index in [2.05, 4.69) is 10.3 Å². The second-order valence-corrected chi connectivity index (χ2v) is 4.98. The first kappa shape index (κ1) is 14.3. The van der Waals surface area contributed by atoms with Crippen LogP contribution in [0.3, 0.4) is 0 Å². The first-order chi connectivity index (χ1) is 10.8. The van der Waals surface area contributed by atoms with Crippen molar-refractivity contribution in [1.29, 1.82) is 0 Å². The van der Waals surface area contributed by atoms with E-state index in [9.17, 15) is 9.90 Å². The van der Waals surface area contributed by atoms with Gasteiger partial charge in [-0.3, -0.25) is 9.78 Å². The molecule has 0 radical (unpaired) electrons. The number of aliphatic hydroxyl groups excluding tert-OH is 1. The zero-order valence-electron chi connectivity index (χ0n) is 12.0. The van der Waals surface area contributed by atoms with E-state index in [0.29, 0.717) is 17.9 Å². The van der Waals surface area contributed by atoms with Gasteiger partial charge in [-0.1, -0.05) is 6.07 Å². The fourth-order valence-electron chi connectivity index (χ4n) is 2.33. The summed E-state index contributed by atoms with van der Waals surface area (Å²) < 4.78 is 5.45. The molecule has 0 bridgehead atoms. The third-order valence-corrected chi connectivity index (χ3v) is 3.48. The second kappa shape index (κ2) is 6.41. The number of carbonyl (C=O) groups excluding carboxylic acids is 1. The van der Waals surface area contributed by atoms with Gasteiger partial charge in [-0.05, 0) is 35.4 Å². The number of aliphatic hydroxyl groups is 1. The summed E-state index contributed by atoms with van der Waals surface area (Å²) in [5, 5.41) is 11.9. The molecule has 22 heavy (non-hydrogen) atoms. The number of nitrogens with zero attached hydrogens (tertiary/aromatic N) is 1. The number of benzene rings is 1. The first-order valence-electron chi connectivity index (χ1n) is 7.05. The molecule has 0 atom stereocenters. The molecule has 0 saturated carbocycles. The molecular formula is C17H16N2O3. The van der Waals surface area contributed by atoms with Gasteiger partial charge >= 0.3 is 0 Å². The summed E-state index contributed by atoms with van der Waals surface area (Å²) in [5.74, 6) is 0.656. The van der Waals surface area contributed by atoms with E-state index in [4.69, 9.17) is 4.74 Å². The fraction of sp³-hybridized carbons (Fsp3) is 0.176. The Balaban J connectivity index is 1.69. The third kappa shape index (κ3) is 3.15. The predicted molar refractivity (Wildman–Crippen MR) is 83.5 cm³/mol. The van der Waals surface area contributed by atoms with E-state index in [1.165, 1.54) is 12.3 Å². The molecule has 2 N–H and O–H groups in total. The van der Waals surface area contributed by atoms with E-state index in [1.54, 1.807) is 18.3 Å². The van der Waals surface area contributed by atoms with Gasteiger partial charge < -0.3 is 15.2 Å². The van der Waals surface area contributed by atoms with Crippen molar-refractivity contribution in [2.75, 3.05) is 11.9 Å². The number of hydrogen-bond donors (Lipinski definition) is 2. The van der Waals surface area contributed by atoms with Gasteiger partial charge in [-0.15, -0.1) is 0 Å². The van der Waals surface area contributed by atoms with Gasteiger partial charge in [0.15, 0.2) is 0 Å². The molecule has 1 aromatic heterocycles. The number of hydrogen-bond acceptors (Lipinski definition) is 4. The number of nitrogens with one attached hydrogen (secondary N) is 1. The second-order valence-electron chi connectivity index (χ2n) is 4.98. The Bertz CT molecular complexity index is 726. The van der Waals surface area contributed by atoms with Crippen LogP contribution < -0.4 is 10.1 Å². The largest absolute Gasteiger partial charge is 0.493 e. The zero-order valence-corrected chi connectivity index (χ0v) is 12.0. The van der Waals surface area contributed by atoms with Crippen molar-refractivity contribution < 1.29 is 14.6 Å². The molecule has 112 valence electrons. The number of anilines is 1. The lowest BCUT2D eigenvalue weighted by Gasteiger charge is -2.06. The minimum absolute atomic E-state index is 0.146. The topological polar surface area (TPSA) is 71.5 Å². The van der Waals surface area contributed by atoms with Crippen LogP contribution in [0, 0.1) is 0 Å². The Labute approximate surface area is 128 Å². The van der Waals surface area contributed by atoms with Crippen molar-refractivity contribution in [2.24, 2.45) is 0 Å². The molecule has 0 aliphatic carbocycles. The van der Waals surface area contributed by atoms with Crippen molar-refractivity contribution in [3.63, 3.8) is 0 Å². The predicted octanol–water partition coefficient (Wildman–Crippen LogP) is 2.16.